The Labute approximate surface area is 95.3 Å². The van der Waals surface area contributed by atoms with Gasteiger partial charge in [0.15, 0.2) is 0 Å². The third kappa shape index (κ3) is 1.61. The highest BCUT2D eigenvalue weighted by atomic mass is 14.9. The molecular weight excluding hydrogens is 198 g/mol. The third-order valence-corrected chi connectivity index (χ3v) is 3.55. The summed E-state index contributed by atoms with van der Waals surface area (Å²) in [6.07, 6.45) is 4.33. The highest BCUT2D eigenvalue weighted by Gasteiger charge is 2.17. The third-order valence-electron chi connectivity index (χ3n) is 3.55. The van der Waals surface area contributed by atoms with Gasteiger partial charge >= 0.3 is 0 Å². The molecule has 0 bridgehead atoms. The van der Waals surface area contributed by atoms with Gasteiger partial charge in [0.25, 0.3) is 0 Å². The number of aromatic amines is 1. The standard InChI is InChI=1S/C13H17N3/c1-9-2-7-15-13-11(9)8-12(16-13)10-3-5-14-6-4-10/h2,7-8,10,14H,3-6H2,1H3,(H,15,16). The van der Waals surface area contributed by atoms with Crippen molar-refractivity contribution in [3.63, 3.8) is 0 Å². The summed E-state index contributed by atoms with van der Waals surface area (Å²) in [5, 5.41) is 4.67. The van der Waals surface area contributed by atoms with Gasteiger partial charge in [0.1, 0.15) is 5.65 Å². The fraction of sp³-hybridized carbons (Fsp3) is 0.462. The number of H-pyrrole nitrogens is 1. The summed E-state index contributed by atoms with van der Waals surface area (Å²) >= 11 is 0. The molecule has 0 amide bonds. The second-order valence-corrected chi connectivity index (χ2v) is 4.64. The zero-order chi connectivity index (χ0) is 11.0. The first kappa shape index (κ1) is 9.85. The Kier molecular flexibility index (Phi) is 2.40. The molecule has 84 valence electrons. The normalized spacial score (nSPS) is 18.1. The molecule has 1 aliphatic rings. The maximum atomic E-state index is 4.39. The van der Waals surface area contributed by atoms with Crippen molar-refractivity contribution >= 4 is 11.0 Å². The highest BCUT2D eigenvalue weighted by molar-refractivity contribution is 5.80. The van der Waals surface area contributed by atoms with E-state index in [1.54, 1.807) is 0 Å². The minimum atomic E-state index is 0.676. The van der Waals surface area contributed by atoms with Crippen molar-refractivity contribution in [3.8, 4) is 0 Å². The number of aryl methyl sites for hydroxylation is 1. The van der Waals surface area contributed by atoms with Crippen LogP contribution in [0.25, 0.3) is 11.0 Å². The van der Waals surface area contributed by atoms with E-state index in [0.29, 0.717) is 5.92 Å². The minimum Gasteiger partial charge on any atom is -0.343 e. The van der Waals surface area contributed by atoms with E-state index in [0.717, 1.165) is 18.7 Å². The number of hydrogen-bond acceptors (Lipinski definition) is 2. The molecule has 0 saturated carbocycles. The highest BCUT2D eigenvalue weighted by Crippen LogP contribution is 2.27. The molecule has 16 heavy (non-hydrogen) atoms. The second-order valence-electron chi connectivity index (χ2n) is 4.64. The Morgan fingerprint density at radius 3 is 2.88 bits per heavy atom. The van der Waals surface area contributed by atoms with Gasteiger partial charge in [0, 0.05) is 23.2 Å². The number of aromatic nitrogens is 2. The predicted octanol–water partition coefficient (Wildman–Crippen LogP) is 2.34. The fourth-order valence-corrected chi connectivity index (χ4v) is 2.53. The quantitative estimate of drug-likeness (QED) is 0.766. The smallest absolute Gasteiger partial charge is 0.137 e. The van der Waals surface area contributed by atoms with E-state index in [1.165, 1.54) is 29.5 Å². The fourth-order valence-electron chi connectivity index (χ4n) is 2.53. The lowest BCUT2D eigenvalue weighted by Crippen LogP contribution is -2.26. The average molecular weight is 215 g/mol. The molecule has 1 aliphatic heterocycles. The summed E-state index contributed by atoms with van der Waals surface area (Å²) in [5.74, 6) is 0.676. The van der Waals surface area contributed by atoms with E-state index in [9.17, 15) is 0 Å². The molecular formula is C13H17N3. The van der Waals surface area contributed by atoms with Gasteiger partial charge in [-0.1, -0.05) is 0 Å². The monoisotopic (exact) mass is 215 g/mol. The molecule has 2 aromatic heterocycles. The molecule has 3 rings (SSSR count). The van der Waals surface area contributed by atoms with Crippen molar-refractivity contribution in [2.75, 3.05) is 13.1 Å². The van der Waals surface area contributed by atoms with E-state index < -0.39 is 0 Å². The van der Waals surface area contributed by atoms with Gasteiger partial charge in [0.2, 0.25) is 0 Å². The Morgan fingerprint density at radius 1 is 1.31 bits per heavy atom. The number of nitrogens with zero attached hydrogens (tertiary/aromatic N) is 1. The van der Waals surface area contributed by atoms with Crippen LogP contribution in [0.1, 0.15) is 30.0 Å². The van der Waals surface area contributed by atoms with Gasteiger partial charge in [0.05, 0.1) is 0 Å². The molecule has 3 nitrogen and oxygen atoms in total. The maximum absolute atomic E-state index is 4.39. The molecule has 0 aromatic carbocycles. The van der Waals surface area contributed by atoms with Crippen LogP contribution < -0.4 is 5.32 Å². The summed E-state index contributed by atoms with van der Waals surface area (Å²) in [6, 6.07) is 4.36. The molecule has 0 atom stereocenters. The van der Waals surface area contributed by atoms with Crippen molar-refractivity contribution in [1.82, 2.24) is 15.3 Å². The van der Waals surface area contributed by atoms with Crippen molar-refractivity contribution in [2.45, 2.75) is 25.7 Å². The first-order chi connectivity index (χ1) is 7.84. The van der Waals surface area contributed by atoms with Crippen molar-refractivity contribution < 1.29 is 0 Å². The van der Waals surface area contributed by atoms with Gasteiger partial charge in [-0.25, -0.2) is 4.98 Å². The molecule has 0 unspecified atom stereocenters. The Bertz CT molecular complexity index is 495. The number of pyridine rings is 1. The van der Waals surface area contributed by atoms with E-state index in [1.807, 2.05) is 6.20 Å². The van der Waals surface area contributed by atoms with E-state index in [-0.39, 0.29) is 0 Å². The second kappa shape index (κ2) is 3.91. The molecule has 2 N–H and O–H groups in total. The number of nitrogens with one attached hydrogen (secondary N) is 2. The Balaban J connectivity index is 2.01. The summed E-state index contributed by atoms with van der Waals surface area (Å²) in [6.45, 7) is 4.41. The number of hydrogen-bond donors (Lipinski definition) is 2. The average Bonchev–Trinajstić information content (AvgIpc) is 2.76. The minimum absolute atomic E-state index is 0.676. The van der Waals surface area contributed by atoms with Gasteiger partial charge in [-0.05, 0) is 50.6 Å². The zero-order valence-electron chi connectivity index (χ0n) is 9.59. The van der Waals surface area contributed by atoms with Crippen LogP contribution in [-0.2, 0) is 0 Å². The lowest BCUT2D eigenvalue weighted by Gasteiger charge is -2.21. The summed E-state index contributed by atoms with van der Waals surface area (Å²) in [5.41, 5.74) is 3.70. The first-order valence-corrected chi connectivity index (χ1v) is 5.99. The predicted molar refractivity (Wildman–Crippen MR) is 65.7 cm³/mol. The molecule has 2 aromatic rings. The van der Waals surface area contributed by atoms with Crippen LogP contribution in [0.4, 0.5) is 0 Å². The maximum Gasteiger partial charge on any atom is 0.137 e. The summed E-state index contributed by atoms with van der Waals surface area (Å²) in [4.78, 5) is 7.85. The van der Waals surface area contributed by atoms with E-state index in [4.69, 9.17) is 0 Å². The van der Waals surface area contributed by atoms with E-state index >= 15 is 0 Å². The molecule has 0 aliphatic carbocycles. The van der Waals surface area contributed by atoms with Gasteiger partial charge in [-0.15, -0.1) is 0 Å². The molecule has 0 spiro atoms. The van der Waals surface area contributed by atoms with Crippen LogP contribution in [0.3, 0.4) is 0 Å². The molecule has 1 fully saturated rings. The van der Waals surface area contributed by atoms with Crippen molar-refractivity contribution in [2.24, 2.45) is 0 Å². The molecule has 0 radical (unpaired) electrons. The SMILES string of the molecule is Cc1ccnc2[nH]c(C3CCNCC3)cc12. The van der Waals surface area contributed by atoms with Crippen LogP contribution >= 0.6 is 0 Å². The summed E-state index contributed by atoms with van der Waals surface area (Å²) in [7, 11) is 0. The number of piperidine rings is 1. The topological polar surface area (TPSA) is 40.7 Å². The van der Waals surface area contributed by atoms with Crippen LogP contribution in [0, 0.1) is 6.92 Å². The Morgan fingerprint density at radius 2 is 2.12 bits per heavy atom. The van der Waals surface area contributed by atoms with Crippen LogP contribution in [0.2, 0.25) is 0 Å². The molecule has 3 heteroatoms. The van der Waals surface area contributed by atoms with E-state index in [2.05, 4.69) is 34.3 Å². The first-order valence-electron chi connectivity index (χ1n) is 5.99. The van der Waals surface area contributed by atoms with Crippen molar-refractivity contribution in [1.29, 1.82) is 0 Å². The molecule has 1 saturated heterocycles. The largest absolute Gasteiger partial charge is 0.343 e. The zero-order valence-corrected chi connectivity index (χ0v) is 9.59. The number of rotatable bonds is 1. The van der Waals surface area contributed by atoms with Gasteiger partial charge in [-0.2, -0.15) is 0 Å². The van der Waals surface area contributed by atoms with Gasteiger partial charge in [-0.3, -0.25) is 0 Å². The molecule has 3 heterocycles. The Hall–Kier alpha value is -1.35. The van der Waals surface area contributed by atoms with Crippen molar-refractivity contribution in [3.05, 3.63) is 29.6 Å². The lowest BCUT2D eigenvalue weighted by atomic mass is 9.94. The van der Waals surface area contributed by atoms with Crippen LogP contribution in [-0.4, -0.2) is 23.1 Å². The van der Waals surface area contributed by atoms with Gasteiger partial charge < -0.3 is 10.3 Å². The lowest BCUT2D eigenvalue weighted by molar-refractivity contribution is 0.455. The van der Waals surface area contributed by atoms with Crippen LogP contribution in [0.15, 0.2) is 18.3 Å². The summed E-state index contributed by atoms with van der Waals surface area (Å²) < 4.78 is 0. The van der Waals surface area contributed by atoms with Crippen LogP contribution in [0.5, 0.6) is 0 Å². The number of fused-ring (bicyclic) bond motifs is 1.